The van der Waals surface area contributed by atoms with Crippen molar-refractivity contribution >= 4 is 17.0 Å². The third kappa shape index (κ3) is 2.42. The quantitative estimate of drug-likeness (QED) is 0.864. The Hall–Kier alpha value is -1.62. The number of aromatic amines is 1. The maximum absolute atomic E-state index is 4.69. The summed E-state index contributed by atoms with van der Waals surface area (Å²) in [6.45, 7) is 3.30. The number of fused-ring (bicyclic) bond motifs is 1. The largest absolute Gasteiger partial charge is 0.363 e. The third-order valence-corrected chi connectivity index (χ3v) is 3.82. The van der Waals surface area contributed by atoms with Gasteiger partial charge in [0.2, 0.25) is 0 Å². The highest BCUT2D eigenvalue weighted by molar-refractivity contribution is 5.73. The topological polar surface area (TPSA) is 56.8 Å². The summed E-state index contributed by atoms with van der Waals surface area (Å²) in [6, 6.07) is 4.66. The lowest BCUT2D eigenvalue weighted by atomic mass is 9.93. The van der Waals surface area contributed by atoms with Gasteiger partial charge in [0.25, 0.3) is 0 Å². The minimum Gasteiger partial charge on any atom is -0.363 e. The van der Waals surface area contributed by atoms with Crippen molar-refractivity contribution in [2.45, 2.75) is 31.7 Å². The normalized spacial score (nSPS) is 23.7. The van der Waals surface area contributed by atoms with Gasteiger partial charge in [-0.25, -0.2) is 9.97 Å². The summed E-state index contributed by atoms with van der Waals surface area (Å²) in [7, 11) is 3.99. The molecule has 19 heavy (non-hydrogen) atoms. The Kier molecular flexibility index (Phi) is 3.14. The van der Waals surface area contributed by atoms with Gasteiger partial charge in [0.1, 0.15) is 11.6 Å². The summed E-state index contributed by atoms with van der Waals surface area (Å²) in [5, 5.41) is 3.48. The van der Waals surface area contributed by atoms with E-state index < -0.39 is 0 Å². The first-order valence-electron chi connectivity index (χ1n) is 6.91. The molecular weight excluding hydrogens is 238 g/mol. The van der Waals surface area contributed by atoms with Crippen LogP contribution in [0.4, 0.5) is 5.82 Å². The van der Waals surface area contributed by atoms with Gasteiger partial charge in [0.15, 0.2) is 5.65 Å². The van der Waals surface area contributed by atoms with Crippen LogP contribution in [-0.2, 0) is 0 Å². The summed E-state index contributed by atoms with van der Waals surface area (Å²) in [5.74, 6) is 2.56. The zero-order valence-electron chi connectivity index (χ0n) is 11.8. The van der Waals surface area contributed by atoms with E-state index in [-0.39, 0.29) is 0 Å². The van der Waals surface area contributed by atoms with Crippen LogP contribution in [0.1, 0.15) is 31.5 Å². The lowest BCUT2D eigenvalue weighted by Gasteiger charge is -2.26. The molecule has 0 spiro atoms. The van der Waals surface area contributed by atoms with Gasteiger partial charge in [0, 0.05) is 26.1 Å². The highest BCUT2D eigenvalue weighted by atomic mass is 15.2. The molecule has 1 fully saturated rings. The van der Waals surface area contributed by atoms with Crippen LogP contribution in [0.2, 0.25) is 0 Å². The standard InChI is InChI=1S/C14H21N5/c1-9-8-10(6-7-15-9)13-16-11-4-5-12(19(2)3)17-14(11)18-13/h4-5,9-10,15H,6-8H2,1-3H3,(H,16,17,18). The van der Waals surface area contributed by atoms with E-state index >= 15 is 0 Å². The maximum Gasteiger partial charge on any atom is 0.179 e. The number of nitrogens with zero attached hydrogens (tertiary/aromatic N) is 3. The van der Waals surface area contributed by atoms with E-state index in [1.54, 1.807) is 0 Å². The van der Waals surface area contributed by atoms with Crippen molar-refractivity contribution in [3.63, 3.8) is 0 Å². The molecule has 1 saturated heterocycles. The fraction of sp³-hybridized carbons (Fsp3) is 0.571. The van der Waals surface area contributed by atoms with Crippen molar-refractivity contribution in [2.24, 2.45) is 0 Å². The molecule has 2 atom stereocenters. The zero-order valence-corrected chi connectivity index (χ0v) is 11.8. The Bertz CT molecular complexity index is 574. The van der Waals surface area contributed by atoms with Crippen LogP contribution in [0.3, 0.4) is 0 Å². The molecular formula is C14H21N5. The van der Waals surface area contributed by atoms with E-state index in [4.69, 9.17) is 4.98 Å². The number of rotatable bonds is 2. The molecule has 0 amide bonds. The molecule has 0 aliphatic carbocycles. The zero-order chi connectivity index (χ0) is 13.4. The summed E-state index contributed by atoms with van der Waals surface area (Å²) in [6.07, 6.45) is 2.28. The first-order valence-corrected chi connectivity index (χ1v) is 6.91. The Morgan fingerprint density at radius 3 is 2.84 bits per heavy atom. The molecule has 0 saturated carbocycles. The SMILES string of the molecule is CC1CC(c2nc3nc(N(C)C)ccc3[nH]2)CCN1. The van der Waals surface area contributed by atoms with Crippen LogP contribution in [0.25, 0.3) is 11.2 Å². The van der Waals surface area contributed by atoms with Gasteiger partial charge in [-0.15, -0.1) is 0 Å². The molecule has 102 valence electrons. The molecule has 1 aliphatic rings. The number of H-pyrrole nitrogens is 1. The second-order valence-corrected chi connectivity index (χ2v) is 5.63. The second kappa shape index (κ2) is 4.81. The molecule has 2 unspecified atom stereocenters. The van der Waals surface area contributed by atoms with Gasteiger partial charge in [-0.3, -0.25) is 0 Å². The van der Waals surface area contributed by atoms with Gasteiger partial charge in [-0.2, -0.15) is 0 Å². The van der Waals surface area contributed by atoms with Crippen molar-refractivity contribution in [2.75, 3.05) is 25.5 Å². The number of aromatic nitrogens is 3. The minimum absolute atomic E-state index is 0.522. The Morgan fingerprint density at radius 2 is 2.11 bits per heavy atom. The van der Waals surface area contributed by atoms with Crippen molar-refractivity contribution in [3.05, 3.63) is 18.0 Å². The fourth-order valence-corrected chi connectivity index (χ4v) is 2.72. The summed E-state index contributed by atoms with van der Waals surface area (Å²) in [5.41, 5.74) is 1.86. The van der Waals surface area contributed by atoms with Crippen LogP contribution in [0.15, 0.2) is 12.1 Å². The number of imidazole rings is 1. The third-order valence-electron chi connectivity index (χ3n) is 3.82. The lowest BCUT2D eigenvalue weighted by molar-refractivity contribution is 0.373. The van der Waals surface area contributed by atoms with E-state index in [0.717, 1.165) is 42.2 Å². The number of hydrogen-bond acceptors (Lipinski definition) is 4. The van der Waals surface area contributed by atoms with Gasteiger partial charge < -0.3 is 15.2 Å². The van der Waals surface area contributed by atoms with Crippen LogP contribution in [0, 0.1) is 0 Å². The van der Waals surface area contributed by atoms with Gasteiger partial charge >= 0.3 is 0 Å². The summed E-state index contributed by atoms with van der Waals surface area (Å²) < 4.78 is 0. The highest BCUT2D eigenvalue weighted by Crippen LogP contribution is 2.27. The number of piperidine rings is 1. The van der Waals surface area contributed by atoms with Crippen LogP contribution < -0.4 is 10.2 Å². The molecule has 2 aromatic rings. The number of hydrogen-bond donors (Lipinski definition) is 2. The van der Waals surface area contributed by atoms with Gasteiger partial charge in [0.05, 0.1) is 5.52 Å². The van der Waals surface area contributed by atoms with Gasteiger partial charge in [-0.05, 0) is 38.4 Å². The first-order chi connectivity index (χ1) is 9.13. The van der Waals surface area contributed by atoms with E-state index in [9.17, 15) is 0 Å². The second-order valence-electron chi connectivity index (χ2n) is 5.63. The molecule has 0 bridgehead atoms. The predicted octanol–water partition coefficient (Wildman–Crippen LogP) is 1.88. The molecule has 2 N–H and O–H groups in total. The Balaban J connectivity index is 1.92. The van der Waals surface area contributed by atoms with E-state index in [0.29, 0.717) is 12.0 Å². The smallest absolute Gasteiger partial charge is 0.179 e. The minimum atomic E-state index is 0.522. The molecule has 3 heterocycles. The average molecular weight is 259 g/mol. The number of pyridine rings is 1. The number of nitrogens with one attached hydrogen (secondary N) is 2. The molecule has 0 aromatic carbocycles. The highest BCUT2D eigenvalue weighted by Gasteiger charge is 2.22. The molecule has 5 heteroatoms. The lowest BCUT2D eigenvalue weighted by Crippen LogP contribution is -2.35. The van der Waals surface area contributed by atoms with Crippen LogP contribution >= 0.6 is 0 Å². The summed E-state index contributed by atoms with van der Waals surface area (Å²) in [4.78, 5) is 14.7. The first kappa shape index (κ1) is 12.4. The van der Waals surface area contributed by atoms with E-state index in [1.165, 1.54) is 0 Å². The molecule has 3 rings (SSSR count). The monoisotopic (exact) mass is 259 g/mol. The Labute approximate surface area is 113 Å². The van der Waals surface area contributed by atoms with Crippen LogP contribution in [0.5, 0.6) is 0 Å². The van der Waals surface area contributed by atoms with Crippen molar-refractivity contribution in [3.8, 4) is 0 Å². The fourth-order valence-electron chi connectivity index (χ4n) is 2.72. The molecule has 2 aromatic heterocycles. The Morgan fingerprint density at radius 1 is 1.26 bits per heavy atom. The van der Waals surface area contributed by atoms with Crippen LogP contribution in [-0.4, -0.2) is 41.6 Å². The van der Waals surface area contributed by atoms with E-state index in [1.807, 2.05) is 25.1 Å². The summed E-state index contributed by atoms with van der Waals surface area (Å²) >= 11 is 0. The number of anilines is 1. The molecule has 0 radical (unpaired) electrons. The van der Waals surface area contributed by atoms with Crippen molar-refractivity contribution in [1.82, 2.24) is 20.3 Å². The van der Waals surface area contributed by atoms with Gasteiger partial charge in [-0.1, -0.05) is 0 Å². The van der Waals surface area contributed by atoms with Crippen molar-refractivity contribution in [1.29, 1.82) is 0 Å². The average Bonchev–Trinajstić information content (AvgIpc) is 2.81. The van der Waals surface area contributed by atoms with E-state index in [2.05, 4.69) is 28.3 Å². The molecule has 1 aliphatic heterocycles. The molecule has 5 nitrogen and oxygen atoms in total. The van der Waals surface area contributed by atoms with Crippen molar-refractivity contribution < 1.29 is 0 Å². The maximum atomic E-state index is 4.69. The predicted molar refractivity (Wildman–Crippen MR) is 77.7 cm³/mol.